The number of nitrogens with zero attached hydrogens (tertiary/aromatic N) is 1. The van der Waals surface area contributed by atoms with Crippen molar-refractivity contribution in [2.45, 2.75) is 76.9 Å². The molecule has 1 amide bonds. The van der Waals surface area contributed by atoms with Crippen molar-refractivity contribution in [1.29, 1.82) is 0 Å². The number of ether oxygens (including phenoxy) is 2. The molecule has 1 aromatic carbocycles. The topological polar surface area (TPSA) is 62.8 Å². The molecule has 0 unspecified atom stereocenters. The van der Waals surface area contributed by atoms with E-state index in [0.717, 1.165) is 66.7 Å². The summed E-state index contributed by atoms with van der Waals surface area (Å²) in [6.07, 6.45) is 9.00. The summed E-state index contributed by atoms with van der Waals surface area (Å²) in [5, 5.41) is 7.35. The van der Waals surface area contributed by atoms with Crippen molar-refractivity contribution in [3.05, 3.63) is 23.8 Å². The van der Waals surface area contributed by atoms with Crippen LogP contribution >= 0.6 is 0 Å². The number of hydrogen-bond donors (Lipinski definition) is 2. The summed E-state index contributed by atoms with van der Waals surface area (Å²) in [6.45, 7) is 7.45. The summed E-state index contributed by atoms with van der Waals surface area (Å²) >= 11 is 0. The molecule has 2 heterocycles. The van der Waals surface area contributed by atoms with Gasteiger partial charge in [0.25, 0.3) is 0 Å². The van der Waals surface area contributed by atoms with Crippen LogP contribution in [-0.4, -0.2) is 55.4 Å². The number of nitrogens with one attached hydrogen (secondary N) is 2. The predicted octanol–water partition coefficient (Wildman–Crippen LogP) is 3.59. The second kappa shape index (κ2) is 9.34. The van der Waals surface area contributed by atoms with Gasteiger partial charge in [-0.05, 0) is 92.2 Å². The summed E-state index contributed by atoms with van der Waals surface area (Å²) in [5.74, 6) is 6.13. The van der Waals surface area contributed by atoms with Gasteiger partial charge >= 0.3 is 0 Å². The van der Waals surface area contributed by atoms with Crippen LogP contribution in [0, 0.1) is 29.6 Å². The molecule has 2 atom stereocenters. The Morgan fingerprint density at radius 3 is 2.50 bits per heavy atom. The molecule has 4 saturated carbocycles. The smallest absolute Gasteiger partial charge is 0.237 e. The van der Waals surface area contributed by atoms with Crippen molar-refractivity contribution in [1.82, 2.24) is 15.5 Å². The van der Waals surface area contributed by atoms with E-state index in [4.69, 9.17) is 9.47 Å². The average Bonchev–Trinajstić information content (AvgIpc) is 3.41. The number of hydrogen-bond acceptors (Lipinski definition) is 5. The monoisotopic (exact) mass is 467 g/mol. The molecule has 4 bridgehead atoms. The molecule has 0 radical (unpaired) electrons. The lowest BCUT2D eigenvalue weighted by Gasteiger charge is -2.55. The Bertz CT molecular complexity index is 875. The first-order chi connectivity index (χ1) is 16.5. The van der Waals surface area contributed by atoms with Gasteiger partial charge in [0.1, 0.15) is 0 Å². The van der Waals surface area contributed by atoms with Gasteiger partial charge < -0.3 is 20.1 Å². The Balaban J connectivity index is 1.05. The fourth-order valence-electron chi connectivity index (χ4n) is 7.98. The Hall–Kier alpha value is -1.79. The lowest BCUT2D eigenvalue weighted by Crippen LogP contribution is -2.57. The third-order valence-electron chi connectivity index (χ3n) is 9.11. The van der Waals surface area contributed by atoms with Crippen LogP contribution in [0.2, 0.25) is 0 Å². The van der Waals surface area contributed by atoms with Gasteiger partial charge in [0.2, 0.25) is 12.7 Å². The molecule has 0 spiro atoms. The van der Waals surface area contributed by atoms with Crippen LogP contribution in [0.25, 0.3) is 0 Å². The van der Waals surface area contributed by atoms with Crippen molar-refractivity contribution < 1.29 is 14.3 Å². The first-order valence-corrected chi connectivity index (χ1v) is 13.7. The third kappa shape index (κ3) is 4.56. The molecule has 6 aliphatic rings. The molecule has 2 aliphatic heterocycles. The summed E-state index contributed by atoms with van der Waals surface area (Å²) in [7, 11) is 0. The van der Waals surface area contributed by atoms with E-state index in [1.54, 1.807) is 0 Å². The van der Waals surface area contributed by atoms with Crippen molar-refractivity contribution in [3.8, 4) is 11.5 Å². The number of carbonyl (C=O) groups excluding carboxylic acids is 1. The molecular formula is C28H41N3O3. The highest BCUT2D eigenvalue weighted by molar-refractivity contribution is 5.82. The second-order valence-corrected chi connectivity index (χ2v) is 12.1. The van der Waals surface area contributed by atoms with Gasteiger partial charge in [-0.3, -0.25) is 9.69 Å². The van der Waals surface area contributed by atoms with Crippen molar-refractivity contribution in [3.63, 3.8) is 0 Å². The van der Waals surface area contributed by atoms with Gasteiger partial charge in [-0.15, -0.1) is 0 Å². The molecule has 2 N–H and O–H groups in total. The molecule has 7 rings (SSSR count). The zero-order valence-electron chi connectivity index (χ0n) is 20.8. The first kappa shape index (κ1) is 22.7. The standard InChI is InChI=1S/C28H41N3O3/c1-17(2)14-31-15-23(30-27-21-8-19-7-20(10-21)11-22(27)9-19)13-24(31)28(32)29-6-5-18-3-4-25-26(12-18)34-16-33-25/h3-4,12,17,19-24,27,30H,5-11,13-16H2,1-2H3,(H,29,32)/t19?,20?,21?,22?,23-,24+,27?/m1/s1. The van der Waals surface area contributed by atoms with E-state index >= 15 is 0 Å². The summed E-state index contributed by atoms with van der Waals surface area (Å²) in [4.78, 5) is 15.7. The Labute approximate surface area is 204 Å². The maximum Gasteiger partial charge on any atom is 0.237 e. The summed E-state index contributed by atoms with van der Waals surface area (Å²) < 4.78 is 10.9. The minimum Gasteiger partial charge on any atom is -0.454 e. The predicted molar refractivity (Wildman–Crippen MR) is 132 cm³/mol. The fraction of sp³-hybridized carbons (Fsp3) is 0.750. The maximum absolute atomic E-state index is 13.3. The van der Waals surface area contributed by atoms with Crippen LogP contribution in [0.4, 0.5) is 0 Å². The van der Waals surface area contributed by atoms with Crippen LogP contribution in [0.1, 0.15) is 57.9 Å². The van der Waals surface area contributed by atoms with Crippen LogP contribution in [0.3, 0.4) is 0 Å². The highest BCUT2D eigenvalue weighted by Gasteiger charge is 2.49. The van der Waals surface area contributed by atoms with E-state index in [0.29, 0.717) is 31.3 Å². The maximum atomic E-state index is 13.3. The van der Waals surface area contributed by atoms with Crippen LogP contribution in [-0.2, 0) is 11.2 Å². The number of carbonyl (C=O) groups is 1. The lowest BCUT2D eigenvalue weighted by molar-refractivity contribution is -0.125. The molecule has 186 valence electrons. The number of likely N-dealkylation sites (tertiary alicyclic amines) is 1. The van der Waals surface area contributed by atoms with E-state index in [2.05, 4.69) is 35.4 Å². The minimum absolute atomic E-state index is 0.0199. The van der Waals surface area contributed by atoms with Gasteiger partial charge in [-0.2, -0.15) is 0 Å². The Morgan fingerprint density at radius 1 is 1.03 bits per heavy atom. The molecule has 1 saturated heterocycles. The third-order valence-corrected chi connectivity index (χ3v) is 9.11. The van der Waals surface area contributed by atoms with Gasteiger partial charge in [0.05, 0.1) is 6.04 Å². The van der Waals surface area contributed by atoms with E-state index in [1.165, 1.54) is 32.1 Å². The van der Waals surface area contributed by atoms with Gasteiger partial charge in [-0.1, -0.05) is 19.9 Å². The molecule has 6 heteroatoms. The molecule has 1 aromatic rings. The highest BCUT2D eigenvalue weighted by Crippen LogP contribution is 2.54. The van der Waals surface area contributed by atoms with E-state index < -0.39 is 0 Å². The van der Waals surface area contributed by atoms with Crippen LogP contribution < -0.4 is 20.1 Å². The quantitative estimate of drug-likeness (QED) is 0.612. The Kier molecular flexibility index (Phi) is 6.23. The van der Waals surface area contributed by atoms with Crippen molar-refractivity contribution in [2.75, 3.05) is 26.4 Å². The van der Waals surface area contributed by atoms with Gasteiger partial charge in [0, 0.05) is 31.7 Å². The second-order valence-electron chi connectivity index (χ2n) is 12.1. The van der Waals surface area contributed by atoms with Crippen LogP contribution in [0.15, 0.2) is 18.2 Å². The number of amides is 1. The molecule has 6 nitrogen and oxygen atoms in total. The molecule has 4 aliphatic carbocycles. The van der Waals surface area contributed by atoms with Gasteiger partial charge in [0.15, 0.2) is 11.5 Å². The molecule has 5 fully saturated rings. The molecule has 34 heavy (non-hydrogen) atoms. The number of fused-ring (bicyclic) bond motifs is 1. The summed E-state index contributed by atoms with van der Waals surface area (Å²) in [6, 6.07) is 7.15. The normalized spacial score (nSPS) is 35.9. The Morgan fingerprint density at radius 2 is 1.76 bits per heavy atom. The first-order valence-electron chi connectivity index (χ1n) is 13.7. The SMILES string of the molecule is CC(C)CN1C[C@H](NC2C3CC4CC(C3)CC2C4)C[C@H]1C(=O)NCCc1ccc2c(c1)OCO2. The highest BCUT2D eigenvalue weighted by atomic mass is 16.7. The van der Waals surface area contributed by atoms with Crippen molar-refractivity contribution >= 4 is 5.91 Å². The van der Waals surface area contributed by atoms with Crippen molar-refractivity contribution in [2.24, 2.45) is 29.6 Å². The van der Waals surface area contributed by atoms with Gasteiger partial charge in [-0.25, -0.2) is 0 Å². The lowest BCUT2D eigenvalue weighted by atomic mass is 9.54. The van der Waals surface area contributed by atoms with Crippen LogP contribution in [0.5, 0.6) is 11.5 Å². The zero-order chi connectivity index (χ0) is 23.2. The fourth-order valence-corrected chi connectivity index (χ4v) is 7.98. The average molecular weight is 468 g/mol. The zero-order valence-corrected chi connectivity index (χ0v) is 20.8. The minimum atomic E-state index is -0.0199. The van der Waals surface area contributed by atoms with E-state index in [1.807, 2.05) is 12.1 Å². The summed E-state index contributed by atoms with van der Waals surface area (Å²) in [5.41, 5.74) is 1.16. The van der Waals surface area contributed by atoms with E-state index in [9.17, 15) is 4.79 Å². The van der Waals surface area contributed by atoms with E-state index in [-0.39, 0.29) is 11.9 Å². The largest absolute Gasteiger partial charge is 0.454 e. The molecular weight excluding hydrogens is 426 g/mol. The number of benzene rings is 1. The number of rotatable bonds is 8. The molecule has 0 aromatic heterocycles.